The molecule has 0 unspecified atom stereocenters. The highest BCUT2D eigenvalue weighted by Crippen LogP contribution is 2.26. The van der Waals surface area contributed by atoms with Crippen molar-refractivity contribution >= 4 is 12.1 Å². The summed E-state index contributed by atoms with van der Waals surface area (Å²) >= 11 is 0. The lowest BCUT2D eigenvalue weighted by atomic mass is 9.89. The minimum Gasteiger partial charge on any atom is -0.386 e. The van der Waals surface area contributed by atoms with Gasteiger partial charge in [0.1, 0.15) is 5.84 Å². The summed E-state index contributed by atoms with van der Waals surface area (Å²) in [6.07, 6.45) is 1.82. The minimum atomic E-state index is 0.466. The molecule has 0 amide bonds. The van der Waals surface area contributed by atoms with Crippen LogP contribution in [0.25, 0.3) is 0 Å². The maximum Gasteiger partial charge on any atom is 0.119 e. The lowest BCUT2D eigenvalue weighted by Crippen LogP contribution is -2.05. The zero-order valence-electron chi connectivity index (χ0n) is 11.9. The van der Waals surface area contributed by atoms with Crippen LogP contribution in [0.1, 0.15) is 63.1 Å². The van der Waals surface area contributed by atoms with E-state index in [1.54, 1.807) is 6.92 Å². The molecule has 0 aliphatic heterocycles. The van der Waals surface area contributed by atoms with E-state index in [0.717, 1.165) is 0 Å². The second-order valence-electron chi connectivity index (χ2n) is 5.15. The van der Waals surface area contributed by atoms with Crippen molar-refractivity contribution in [3.8, 4) is 0 Å². The van der Waals surface area contributed by atoms with E-state index in [1.807, 2.05) is 6.21 Å². The molecule has 0 saturated carbocycles. The van der Waals surface area contributed by atoms with Gasteiger partial charge in [0.15, 0.2) is 0 Å². The maximum atomic E-state index is 5.49. The number of benzene rings is 1. The summed E-state index contributed by atoms with van der Waals surface area (Å²) in [5, 5.41) is 7.95. The summed E-state index contributed by atoms with van der Waals surface area (Å²) < 4.78 is 0. The number of nitrogens with zero attached hydrogens (tertiary/aromatic N) is 2. The van der Waals surface area contributed by atoms with Crippen LogP contribution in [0.2, 0.25) is 0 Å². The number of nitrogens with two attached hydrogens (primary N) is 1. The molecule has 1 aromatic carbocycles. The highest BCUT2D eigenvalue weighted by atomic mass is 15.2. The van der Waals surface area contributed by atoms with Crippen LogP contribution in [-0.4, -0.2) is 12.1 Å². The molecule has 98 valence electrons. The molecule has 0 radical (unpaired) electrons. The summed E-state index contributed by atoms with van der Waals surface area (Å²) in [5.41, 5.74) is 9.26. The Morgan fingerprint density at radius 3 is 2.00 bits per heavy atom. The van der Waals surface area contributed by atoms with E-state index in [9.17, 15) is 0 Å². The fourth-order valence-corrected chi connectivity index (χ4v) is 1.94. The highest BCUT2D eigenvalue weighted by molar-refractivity contribution is 5.85. The van der Waals surface area contributed by atoms with Crippen LogP contribution in [0, 0.1) is 0 Å². The van der Waals surface area contributed by atoms with E-state index in [1.165, 1.54) is 16.7 Å². The van der Waals surface area contributed by atoms with E-state index in [4.69, 9.17) is 5.73 Å². The summed E-state index contributed by atoms with van der Waals surface area (Å²) in [7, 11) is 0. The van der Waals surface area contributed by atoms with Gasteiger partial charge in [-0.25, -0.2) is 0 Å². The molecule has 0 aromatic heterocycles. The first kappa shape index (κ1) is 14.4. The van der Waals surface area contributed by atoms with Crippen molar-refractivity contribution in [3.05, 3.63) is 34.9 Å². The predicted octanol–water partition coefficient (Wildman–Crippen LogP) is 3.64. The number of rotatable bonds is 4. The zero-order valence-corrected chi connectivity index (χ0v) is 11.9. The molecule has 0 saturated heterocycles. The smallest absolute Gasteiger partial charge is 0.119 e. The molecule has 0 spiro atoms. The van der Waals surface area contributed by atoms with Crippen LogP contribution in [-0.2, 0) is 0 Å². The Hall–Kier alpha value is -1.64. The second kappa shape index (κ2) is 6.34. The molecule has 0 bridgehead atoms. The SMILES string of the molecule is C/C(N)=N\N=C\c1c(C(C)C)cccc1C(C)C. The molecular weight excluding hydrogens is 222 g/mol. The molecule has 3 nitrogen and oxygen atoms in total. The van der Waals surface area contributed by atoms with Crippen LogP contribution in [0.3, 0.4) is 0 Å². The molecule has 0 aliphatic carbocycles. The molecule has 1 aromatic rings. The Labute approximate surface area is 110 Å². The Kier molecular flexibility index (Phi) is 5.08. The van der Waals surface area contributed by atoms with Gasteiger partial charge in [-0.2, -0.15) is 5.10 Å². The lowest BCUT2D eigenvalue weighted by Gasteiger charge is -2.16. The van der Waals surface area contributed by atoms with E-state index >= 15 is 0 Å². The Balaban J connectivity index is 3.27. The molecule has 1 rings (SSSR count). The van der Waals surface area contributed by atoms with Crippen molar-refractivity contribution in [2.45, 2.75) is 46.5 Å². The third-order valence-electron chi connectivity index (χ3n) is 2.82. The average Bonchev–Trinajstić information content (AvgIpc) is 2.28. The molecule has 0 aliphatic rings. The van der Waals surface area contributed by atoms with Gasteiger partial charge in [0.2, 0.25) is 0 Å². The van der Waals surface area contributed by atoms with Crippen LogP contribution < -0.4 is 5.73 Å². The monoisotopic (exact) mass is 245 g/mol. The number of hydrogen-bond donors (Lipinski definition) is 1. The summed E-state index contributed by atoms with van der Waals surface area (Å²) in [5.74, 6) is 1.40. The van der Waals surface area contributed by atoms with Crippen molar-refractivity contribution in [2.24, 2.45) is 15.9 Å². The van der Waals surface area contributed by atoms with Gasteiger partial charge in [-0.15, -0.1) is 5.10 Å². The van der Waals surface area contributed by atoms with Gasteiger partial charge in [-0.3, -0.25) is 0 Å². The molecule has 2 N–H and O–H groups in total. The third-order valence-corrected chi connectivity index (χ3v) is 2.82. The van der Waals surface area contributed by atoms with Gasteiger partial charge in [-0.05, 0) is 29.9 Å². The van der Waals surface area contributed by atoms with Gasteiger partial charge in [0.25, 0.3) is 0 Å². The first-order valence-corrected chi connectivity index (χ1v) is 6.39. The van der Waals surface area contributed by atoms with Crippen molar-refractivity contribution in [2.75, 3.05) is 0 Å². The van der Waals surface area contributed by atoms with Crippen LogP contribution in [0.5, 0.6) is 0 Å². The van der Waals surface area contributed by atoms with Crippen LogP contribution in [0.15, 0.2) is 28.4 Å². The third kappa shape index (κ3) is 3.69. The summed E-state index contributed by atoms with van der Waals surface area (Å²) in [6, 6.07) is 6.41. The second-order valence-corrected chi connectivity index (χ2v) is 5.15. The van der Waals surface area contributed by atoms with Crippen LogP contribution in [0.4, 0.5) is 0 Å². The maximum absolute atomic E-state index is 5.49. The number of hydrogen-bond acceptors (Lipinski definition) is 2. The standard InChI is InChI=1S/C15H23N3/c1-10(2)13-7-6-8-14(11(3)4)15(13)9-17-18-12(5)16/h6-11H,1-5H3,(H2,16,18)/b17-9+. The first-order chi connectivity index (χ1) is 8.43. The molecule has 0 atom stereocenters. The average molecular weight is 245 g/mol. The predicted molar refractivity (Wildman–Crippen MR) is 79.5 cm³/mol. The highest BCUT2D eigenvalue weighted by Gasteiger charge is 2.11. The van der Waals surface area contributed by atoms with Gasteiger partial charge in [0, 0.05) is 5.56 Å². The van der Waals surface area contributed by atoms with Crippen LogP contribution >= 0.6 is 0 Å². The zero-order chi connectivity index (χ0) is 13.7. The van der Waals surface area contributed by atoms with Gasteiger partial charge < -0.3 is 5.73 Å². The van der Waals surface area contributed by atoms with E-state index in [2.05, 4.69) is 56.1 Å². The fraction of sp³-hybridized carbons (Fsp3) is 0.467. The van der Waals surface area contributed by atoms with Crippen molar-refractivity contribution < 1.29 is 0 Å². The largest absolute Gasteiger partial charge is 0.386 e. The van der Waals surface area contributed by atoms with Gasteiger partial charge in [-0.1, -0.05) is 45.9 Å². The summed E-state index contributed by atoms with van der Waals surface area (Å²) in [4.78, 5) is 0. The molecule has 0 heterocycles. The van der Waals surface area contributed by atoms with E-state index in [-0.39, 0.29) is 0 Å². The molecular formula is C15H23N3. The lowest BCUT2D eigenvalue weighted by molar-refractivity contribution is 0.830. The Morgan fingerprint density at radius 2 is 1.61 bits per heavy atom. The topological polar surface area (TPSA) is 50.7 Å². The molecule has 3 heteroatoms. The van der Waals surface area contributed by atoms with Crippen molar-refractivity contribution in [1.82, 2.24) is 0 Å². The molecule has 18 heavy (non-hydrogen) atoms. The first-order valence-electron chi connectivity index (χ1n) is 6.39. The quantitative estimate of drug-likeness (QED) is 0.491. The van der Waals surface area contributed by atoms with Gasteiger partial charge in [0.05, 0.1) is 6.21 Å². The fourth-order valence-electron chi connectivity index (χ4n) is 1.94. The van der Waals surface area contributed by atoms with E-state index in [0.29, 0.717) is 17.7 Å². The Morgan fingerprint density at radius 1 is 1.11 bits per heavy atom. The Bertz CT molecular complexity index is 427. The van der Waals surface area contributed by atoms with E-state index < -0.39 is 0 Å². The normalized spacial score (nSPS) is 12.9. The summed E-state index contributed by atoms with van der Waals surface area (Å²) in [6.45, 7) is 10.5. The number of amidine groups is 1. The van der Waals surface area contributed by atoms with Gasteiger partial charge >= 0.3 is 0 Å². The minimum absolute atomic E-state index is 0.466. The van der Waals surface area contributed by atoms with Crippen molar-refractivity contribution in [3.63, 3.8) is 0 Å². The molecule has 0 fully saturated rings. The van der Waals surface area contributed by atoms with Crippen molar-refractivity contribution in [1.29, 1.82) is 0 Å².